The molecule has 0 unspecified atom stereocenters. The summed E-state index contributed by atoms with van der Waals surface area (Å²) in [6, 6.07) is 11.2. The van der Waals surface area contributed by atoms with Crippen LogP contribution in [0.5, 0.6) is 5.88 Å². The third kappa shape index (κ3) is 7.23. The number of Topliss-reactive ketones (excluding diaryl/α,β-unsaturated/α-hetero) is 1. The van der Waals surface area contributed by atoms with Crippen LogP contribution in [0.1, 0.15) is 80.8 Å². The fourth-order valence-corrected chi connectivity index (χ4v) is 9.82. The highest BCUT2D eigenvalue weighted by Crippen LogP contribution is 2.57. The summed E-state index contributed by atoms with van der Waals surface area (Å²) < 4.78 is 52.7. The van der Waals surface area contributed by atoms with Crippen LogP contribution in [0.3, 0.4) is 0 Å². The number of benzene rings is 2. The van der Waals surface area contributed by atoms with Crippen molar-refractivity contribution in [3.8, 4) is 5.88 Å². The van der Waals surface area contributed by atoms with Gasteiger partial charge >= 0.3 is 0 Å². The van der Waals surface area contributed by atoms with Crippen molar-refractivity contribution in [2.75, 3.05) is 6.54 Å². The summed E-state index contributed by atoms with van der Waals surface area (Å²) in [5.41, 5.74) is -0.711. The van der Waals surface area contributed by atoms with E-state index in [9.17, 15) is 32.0 Å². The van der Waals surface area contributed by atoms with Crippen molar-refractivity contribution in [1.82, 2.24) is 24.3 Å². The van der Waals surface area contributed by atoms with Crippen molar-refractivity contribution in [2.24, 2.45) is 11.3 Å². The molecular formula is C40H42FN5O7S2. The summed E-state index contributed by atoms with van der Waals surface area (Å²) in [5, 5.41) is 4.79. The molecule has 2 saturated carbocycles. The number of sulfonamides is 1. The Hall–Kier alpha value is -4.76. The maximum absolute atomic E-state index is 14.6. The van der Waals surface area contributed by atoms with Crippen LogP contribution >= 0.6 is 11.5 Å². The standard InChI is InChI=1S/C40H42FN5O7S2/c1-39(16-17-39)55(51,52)45-38(50)40-21-24(40)9-5-3-2-4-6-12-31(43-35(48)34-15-18-42-54-34)37(49)46-23-26(20-32(46)33(47)22-40)53-36-28-14-13-25(41)19-29(28)27-10-7-8-11-30(27)44-36/h5,7-11,13-15,18-19,24,26,31-32H,2-4,6,12,16-17,20-23H2,1H3,(H,43,48)(H,45,50)/b9-5-/t24-,26-,31+,32+,40-/m1/s1. The number of carbonyl (C=O) groups excluding carboxylic acids is 4. The Morgan fingerprint density at radius 1 is 1.04 bits per heavy atom. The van der Waals surface area contributed by atoms with Gasteiger partial charge in [-0.2, -0.15) is 0 Å². The average molecular weight is 788 g/mol. The third-order valence-corrected chi connectivity index (χ3v) is 14.6. The number of hydrogen-bond donors (Lipinski definition) is 2. The van der Waals surface area contributed by atoms with Crippen molar-refractivity contribution in [1.29, 1.82) is 0 Å². The number of pyridine rings is 1. The van der Waals surface area contributed by atoms with Gasteiger partial charge in [-0.3, -0.25) is 23.9 Å². The number of nitrogens with one attached hydrogen (secondary N) is 2. The summed E-state index contributed by atoms with van der Waals surface area (Å²) >= 11 is 1.01. The maximum atomic E-state index is 14.6. The minimum atomic E-state index is -3.97. The molecule has 3 amide bonds. The Kier molecular flexibility index (Phi) is 9.73. The lowest BCUT2D eigenvalue weighted by Crippen LogP contribution is -2.52. The summed E-state index contributed by atoms with van der Waals surface area (Å²) in [6.45, 7) is 1.58. The molecule has 1 saturated heterocycles. The Bertz CT molecular complexity index is 2330. The number of rotatable bonds is 7. The van der Waals surface area contributed by atoms with Crippen LogP contribution in [0.25, 0.3) is 21.7 Å². The zero-order chi connectivity index (χ0) is 38.5. The van der Waals surface area contributed by atoms with E-state index < -0.39 is 67.7 Å². The fraction of sp³-hybridized carbons (Fsp3) is 0.450. The zero-order valence-corrected chi connectivity index (χ0v) is 32.0. The van der Waals surface area contributed by atoms with Gasteiger partial charge in [0.2, 0.25) is 27.7 Å². The van der Waals surface area contributed by atoms with E-state index in [0.29, 0.717) is 59.7 Å². The van der Waals surface area contributed by atoms with Crippen molar-refractivity contribution in [3.05, 3.63) is 77.6 Å². The Labute approximate surface area is 322 Å². The monoisotopic (exact) mass is 787 g/mol. The SMILES string of the molecule is CC1(S(=O)(=O)NC(=O)[C@]23CC(=O)[C@@H]4C[C@@H](Oc5nc6ccccc6c6cc(F)ccc56)CN4C(=O)[C@@H](NC(=O)c4ccns4)CCCCC/C=C\[C@@H]2C3)CC1. The van der Waals surface area contributed by atoms with Crippen LogP contribution in [0, 0.1) is 17.2 Å². The van der Waals surface area contributed by atoms with E-state index >= 15 is 0 Å². The second-order valence-corrected chi connectivity index (χ2v) is 18.6. The van der Waals surface area contributed by atoms with Gasteiger partial charge in [0.25, 0.3) is 5.91 Å². The lowest BCUT2D eigenvalue weighted by atomic mass is 9.91. The second-order valence-electron chi connectivity index (χ2n) is 15.6. The fourth-order valence-electron chi connectivity index (χ4n) is 7.99. The average Bonchev–Trinajstić information content (AvgIpc) is 3.91. The van der Waals surface area contributed by atoms with Crippen LogP contribution in [0.4, 0.5) is 4.39 Å². The zero-order valence-electron chi connectivity index (χ0n) is 30.3. The Morgan fingerprint density at radius 2 is 1.85 bits per heavy atom. The highest BCUT2D eigenvalue weighted by molar-refractivity contribution is 7.91. The number of fused-ring (bicyclic) bond motifs is 5. The molecule has 0 radical (unpaired) electrons. The normalized spacial score (nSPS) is 27.3. The number of halogens is 1. The van der Waals surface area contributed by atoms with Crippen molar-refractivity contribution >= 4 is 66.7 Å². The van der Waals surface area contributed by atoms with Crippen molar-refractivity contribution < 1.29 is 36.7 Å². The first-order valence-electron chi connectivity index (χ1n) is 18.8. The van der Waals surface area contributed by atoms with Crippen molar-refractivity contribution in [3.63, 3.8) is 0 Å². The number of carbonyl (C=O) groups is 4. The predicted octanol–water partition coefficient (Wildman–Crippen LogP) is 5.61. The number of ether oxygens (including phenoxy) is 1. The smallest absolute Gasteiger partial charge is 0.263 e. The molecular weight excluding hydrogens is 746 g/mol. The quantitative estimate of drug-likeness (QED) is 0.179. The molecule has 15 heteroatoms. The number of amides is 3. The summed E-state index contributed by atoms with van der Waals surface area (Å²) in [6.07, 6.45) is 8.90. The molecule has 5 atom stereocenters. The largest absolute Gasteiger partial charge is 0.472 e. The van der Waals surface area contributed by atoms with Crippen LogP contribution in [-0.4, -0.2) is 75.7 Å². The predicted molar refractivity (Wildman–Crippen MR) is 204 cm³/mol. The topological polar surface area (TPSA) is 165 Å². The lowest BCUT2D eigenvalue weighted by molar-refractivity contribution is -0.140. The summed E-state index contributed by atoms with van der Waals surface area (Å²) in [5.74, 6) is -2.55. The molecule has 2 aromatic heterocycles. The number of ketones is 1. The molecule has 55 heavy (non-hydrogen) atoms. The number of allylic oxidation sites excluding steroid dienone is 2. The highest BCUT2D eigenvalue weighted by Gasteiger charge is 2.62. The molecule has 12 nitrogen and oxygen atoms in total. The van der Waals surface area contributed by atoms with E-state index in [1.165, 1.54) is 23.2 Å². The molecule has 8 rings (SSSR count). The number of aromatic nitrogens is 2. The molecule has 2 aliphatic carbocycles. The minimum absolute atomic E-state index is 0.0192. The van der Waals surface area contributed by atoms with Gasteiger partial charge in [-0.1, -0.05) is 43.2 Å². The van der Waals surface area contributed by atoms with Gasteiger partial charge < -0.3 is 15.0 Å². The number of nitrogens with zero attached hydrogens (tertiary/aromatic N) is 3. The maximum Gasteiger partial charge on any atom is 0.263 e. The first-order valence-corrected chi connectivity index (χ1v) is 21.1. The highest BCUT2D eigenvalue weighted by atomic mass is 32.2. The second kappa shape index (κ2) is 14.4. The Balaban J connectivity index is 1.13. The molecule has 0 bridgehead atoms. The van der Waals surface area contributed by atoms with Gasteiger partial charge in [-0.15, -0.1) is 0 Å². The van der Waals surface area contributed by atoms with E-state index in [0.717, 1.165) is 29.8 Å². The van der Waals surface area contributed by atoms with E-state index in [1.807, 2.05) is 30.4 Å². The molecule has 4 aliphatic rings. The molecule has 4 heterocycles. The first kappa shape index (κ1) is 37.2. The van der Waals surface area contributed by atoms with Gasteiger partial charge in [-0.25, -0.2) is 22.2 Å². The van der Waals surface area contributed by atoms with Gasteiger partial charge in [0.05, 0.1) is 28.3 Å². The van der Waals surface area contributed by atoms with E-state index in [4.69, 9.17) is 9.72 Å². The van der Waals surface area contributed by atoms with Gasteiger partial charge in [0.1, 0.15) is 22.8 Å². The van der Waals surface area contributed by atoms with Crippen LogP contribution in [-0.2, 0) is 24.4 Å². The molecule has 2 N–H and O–H groups in total. The lowest BCUT2D eigenvalue weighted by Gasteiger charge is -2.29. The van der Waals surface area contributed by atoms with Gasteiger partial charge in [0, 0.05) is 29.8 Å². The summed E-state index contributed by atoms with van der Waals surface area (Å²) in [7, 11) is -3.97. The molecule has 2 aliphatic heterocycles. The van der Waals surface area contributed by atoms with E-state index in [-0.39, 0.29) is 31.2 Å². The van der Waals surface area contributed by atoms with Gasteiger partial charge in [-0.05, 0) is 98.6 Å². The number of hydrogen-bond acceptors (Lipinski definition) is 10. The van der Waals surface area contributed by atoms with Crippen LogP contribution in [0.15, 0.2) is 66.9 Å². The molecule has 2 aromatic carbocycles. The molecule has 3 fully saturated rings. The molecule has 0 spiro atoms. The number of para-hydroxylation sites is 1. The van der Waals surface area contributed by atoms with Gasteiger partial charge in [0.15, 0.2) is 5.78 Å². The molecule has 4 aromatic rings. The first-order chi connectivity index (χ1) is 26.4. The van der Waals surface area contributed by atoms with Crippen LogP contribution in [0.2, 0.25) is 0 Å². The summed E-state index contributed by atoms with van der Waals surface area (Å²) in [4.78, 5) is 62.9. The Morgan fingerprint density at radius 3 is 2.64 bits per heavy atom. The van der Waals surface area contributed by atoms with E-state index in [1.54, 1.807) is 25.1 Å². The van der Waals surface area contributed by atoms with Crippen molar-refractivity contribution in [2.45, 2.75) is 94.1 Å². The molecule has 288 valence electrons. The van der Waals surface area contributed by atoms with E-state index in [2.05, 4.69) is 14.4 Å². The minimum Gasteiger partial charge on any atom is -0.472 e. The third-order valence-electron chi connectivity index (χ3n) is 11.7. The van der Waals surface area contributed by atoms with Crippen LogP contribution < -0.4 is 14.8 Å².